The van der Waals surface area contributed by atoms with Crippen molar-refractivity contribution in [3.05, 3.63) is 23.8 Å². The fourth-order valence-corrected chi connectivity index (χ4v) is 1.85. The van der Waals surface area contributed by atoms with Crippen LogP contribution in [-0.4, -0.2) is 11.5 Å². The Labute approximate surface area is 102 Å². The van der Waals surface area contributed by atoms with E-state index in [9.17, 15) is 0 Å². The number of nitrogens with zero attached hydrogens (tertiary/aromatic N) is 1. The Morgan fingerprint density at radius 3 is 2.47 bits per heavy atom. The highest BCUT2D eigenvalue weighted by Crippen LogP contribution is 2.40. The number of hydrogen-bond donors (Lipinski definition) is 3. The molecule has 92 valence electrons. The normalized spacial score (nSPS) is 23.6. The zero-order valence-electron chi connectivity index (χ0n) is 10.8. The number of nitrogen functional groups attached to an aromatic ring is 1. The molecule has 0 aromatic heterocycles. The lowest BCUT2D eigenvalue weighted by Crippen LogP contribution is -2.49. The van der Waals surface area contributed by atoms with E-state index in [0.29, 0.717) is 11.5 Å². The number of nitrogens with one attached hydrogen (secondary N) is 1. The van der Waals surface area contributed by atoms with Crippen molar-refractivity contribution in [1.82, 2.24) is 0 Å². The molecule has 0 amide bonds. The predicted molar refractivity (Wildman–Crippen MR) is 73.1 cm³/mol. The predicted octanol–water partition coefficient (Wildman–Crippen LogP) is 2.16. The molecule has 1 aromatic rings. The molecule has 0 fully saturated rings. The summed E-state index contributed by atoms with van der Waals surface area (Å²) in [5, 5.41) is 3.42. The third-order valence-corrected chi connectivity index (χ3v) is 3.55. The molecule has 5 N–H and O–H groups in total. The quantitative estimate of drug-likeness (QED) is 0.600. The monoisotopic (exact) mass is 232 g/mol. The molecule has 1 atom stereocenters. The Morgan fingerprint density at radius 1 is 1.24 bits per heavy atom. The van der Waals surface area contributed by atoms with Gasteiger partial charge in [0.1, 0.15) is 11.5 Å². The van der Waals surface area contributed by atoms with Gasteiger partial charge in [-0.15, -0.1) is 0 Å². The molecule has 0 radical (unpaired) electrons. The van der Waals surface area contributed by atoms with Crippen LogP contribution in [0.5, 0.6) is 0 Å². The van der Waals surface area contributed by atoms with Crippen LogP contribution in [0.2, 0.25) is 0 Å². The van der Waals surface area contributed by atoms with Crippen LogP contribution in [0.25, 0.3) is 0 Å². The summed E-state index contributed by atoms with van der Waals surface area (Å²) in [4.78, 5) is 4.60. The number of hydrogen-bond acceptors (Lipinski definition) is 4. The smallest absolute Gasteiger partial charge is 0.134 e. The largest absolute Gasteiger partial charge is 0.397 e. The number of rotatable bonds is 0. The average Bonchev–Trinajstić information content (AvgIpc) is 2.18. The van der Waals surface area contributed by atoms with E-state index in [1.807, 2.05) is 25.1 Å². The minimum absolute atomic E-state index is 0.0579. The summed E-state index contributed by atoms with van der Waals surface area (Å²) >= 11 is 0. The maximum Gasteiger partial charge on any atom is 0.134 e. The molecule has 4 heteroatoms. The molecule has 1 unspecified atom stereocenters. The number of anilines is 2. The zero-order chi connectivity index (χ0) is 12.8. The molecule has 0 bridgehead atoms. The molecule has 1 aliphatic heterocycles. The van der Waals surface area contributed by atoms with Crippen molar-refractivity contribution < 1.29 is 0 Å². The third kappa shape index (κ3) is 1.73. The van der Waals surface area contributed by atoms with Crippen molar-refractivity contribution in [2.24, 2.45) is 16.1 Å². The lowest BCUT2D eigenvalue weighted by Gasteiger charge is -2.43. The van der Waals surface area contributed by atoms with Crippen molar-refractivity contribution in [2.75, 3.05) is 11.1 Å². The summed E-state index contributed by atoms with van der Waals surface area (Å²) in [6.45, 7) is 8.41. The number of benzene rings is 1. The van der Waals surface area contributed by atoms with E-state index in [1.165, 1.54) is 0 Å². The topological polar surface area (TPSA) is 76.4 Å². The van der Waals surface area contributed by atoms with Gasteiger partial charge in [-0.05, 0) is 19.1 Å². The SMILES string of the molecule is CC(C)(C)C1(C)N=C(N)c2cccc(N)c2N1. The summed E-state index contributed by atoms with van der Waals surface area (Å²) in [5.41, 5.74) is 14.0. The van der Waals surface area contributed by atoms with Gasteiger partial charge in [-0.2, -0.15) is 0 Å². The molecule has 2 rings (SSSR count). The first-order valence-electron chi connectivity index (χ1n) is 5.77. The molecule has 1 heterocycles. The molecule has 4 nitrogen and oxygen atoms in total. The molecule has 1 aliphatic rings. The highest BCUT2D eigenvalue weighted by Gasteiger charge is 2.40. The van der Waals surface area contributed by atoms with Gasteiger partial charge in [-0.3, -0.25) is 0 Å². The maximum atomic E-state index is 6.04. The van der Waals surface area contributed by atoms with E-state index in [4.69, 9.17) is 11.5 Å². The molecule has 0 saturated carbocycles. The number of para-hydroxylation sites is 1. The number of amidine groups is 1. The van der Waals surface area contributed by atoms with Gasteiger partial charge in [-0.25, -0.2) is 4.99 Å². The lowest BCUT2D eigenvalue weighted by atomic mass is 9.80. The molecule has 0 saturated heterocycles. The van der Waals surface area contributed by atoms with E-state index in [2.05, 4.69) is 31.1 Å². The van der Waals surface area contributed by atoms with Crippen LogP contribution < -0.4 is 16.8 Å². The number of aliphatic imine (C=N–C) groups is 1. The maximum absolute atomic E-state index is 6.04. The number of fused-ring (bicyclic) bond motifs is 1. The van der Waals surface area contributed by atoms with Crippen molar-refractivity contribution in [3.8, 4) is 0 Å². The fourth-order valence-electron chi connectivity index (χ4n) is 1.85. The molecule has 17 heavy (non-hydrogen) atoms. The molecule has 0 spiro atoms. The van der Waals surface area contributed by atoms with Gasteiger partial charge < -0.3 is 16.8 Å². The standard InChI is InChI=1S/C13H20N4/c1-12(2,3)13(4)16-10-8(11(15)17-13)6-5-7-9(10)14/h5-7,16H,14H2,1-4H3,(H2,15,17). The Bertz CT molecular complexity index is 485. The van der Waals surface area contributed by atoms with E-state index >= 15 is 0 Å². The van der Waals surface area contributed by atoms with Gasteiger partial charge in [0.05, 0.1) is 11.4 Å². The molecule has 1 aromatic carbocycles. The van der Waals surface area contributed by atoms with Crippen LogP contribution >= 0.6 is 0 Å². The second-order valence-corrected chi connectivity index (χ2v) is 5.71. The first-order chi connectivity index (χ1) is 7.74. The zero-order valence-corrected chi connectivity index (χ0v) is 10.8. The van der Waals surface area contributed by atoms with Crippen LogP contribution in [0, 0.1) is 5.41 Å². The van der Waals surface area contributed by atoms with Gasteiger partial charge in [0, 0.05) is 11.0 Å². The van der Waals surface area contributed by atoms with Crippen LogP contribution in [0.15, 0.2) is 23.2 Å². The van der Waals surface area contributed by atoms with E-state index in [0.717, 1.165) is 11.3 Å². The van der Waals surface area contributed by atoms with Gasteiger partial charge in [0.25, 0.3) is 0 Å². The van der Waals surface area contributed by atoms with Gasteiger partial charge in [0.15, 0.2) is 0 Å². The van der Waals surface area contributed by atoms with E-state index < -0.39 is 5.66 Å². The first kappa shape index (κ1) is 11.8. The Morgan fingerprint density at radius 2 is 1.88 bits per heavy atom. The second kappa shape index (κ2) is 3.39. The van der Waals surface area contributed by atoms with Gasteiger partial charge >= 0.3 is 0 Å². The van der Waals surface area contributed by atoms with Crippen molar-refractivity contribution in [1.29, 1.82) is 0 Å². The number of nitrogens with two attached hydrogens (primary N) is 2. The second-order valence-electron chi connectivity index (χ2n) is 5.71. The Balaban J connectivity index is 2.59. The van der Waals surface area contributed by atoms with E-state index in [-0.39, 0.29) is 5.41 Å². The summed E-state index contributed by atoms with van der Waals surface area (Å²) in [7, 11) is 0. The average molecular weight is 232 g/mol. The van der Waals surface area contributed by atoms with Gasteiger partial charge in [-0.1, -0.05) is 26.8 Å². The van der Waals surface area contributed by atoms with Crippen molar-refractivity contribution in [2.45, 2.75) is 33.4 Å². The van der Waals surface area contributed by atoms with Crippen molar-refractivity contribution >= 4 is 17.2 Å². The minimum Gasteiger partial charge on any atom is -0.397 e. The summed E-state index contributed by atoms with van der Waals surface area (Å²) in [6.07, 6.45) is 0. The Kier molecular flexibility index (Phi) is 2.35. The summed E-state index contributed by atoms with van der Waals surface area (Å²) < 4.78 is 0. The minimum atomic E-state index is -0.445. The lowest BCUT2D eigenvalue weighted by molar-refractivity contribution is 0.241. The fraction of sp³-hybridized carbons (Fsp3) is 0.462. The van der Waals surface area contributed by atoms with Crippen LogP contribution in [0.3, 0.4) is 0 Å². The van der Waals surface area contributed by atoms with Crippen LogP contribution in [0.1, 0.15) is 33.3 Å². The summed E-state index contributed by atoms with van der Waals surface area (Å²) in [6, 6.07) is 5.69. The van der Waals surface area contributed by atoms with Crippen LogP contribution in [-0.2, 0) is 0 Å². The molecular formula is C13H20N4. The highest BCUT2D eigenvalue weighted by molar-refractivity contribution is 6.06. The Hall–Kier alpha value is -1.71. The van der Waals surface area contributed by atoms with Gasteiger partial charge in [0.2, 0.25) is 0 Å². The highest BCUT2D eigenvalue weighted by atomic mass is 15.2. The van der Waals surface area contributed by atoms with E-state index in [1.54, 1.807) is 0 Å². The third-order valence-electron chi connectivity index (χ3n) is 3.55. The molecular weight excluding hydrogens is 212 g/mol. The summed E-state index contributed by atoms with van der Waals surface area (Å²) in [5.74, 6) is 0.545. The van der Waals surface area contributed by atoms with Crippen LogP contribution in [0.4, 0.5) is 11.4 Å². The first-order valence-corrected chi connectivity index (χ1v) is 5.77. The van der Waals surface area contributed by atoms with Crippen molar-refractivity contribution in [3.63, 3.8) is 0 Å². The molecule has 0 aliphatic carbocycles.